The van der Waals surface area contributed by atoms with Crippen LogP contribution in [-0.2, 0) is 0 Å². The van der Waals surface area contributed by atoms with Gasteiger partial charge >= 0.3 is 0 Å². The summed E-state index contributed by atoms with van der Waals surface area (Å²) in [5.74, 6) is 2.07. The van der Waals surface area contributed by atoms with Gasteiger partial charge in [0, 0.05) is 0 Å². The van der Waals surface area contributed by atoms with Gasteiger partial charge in [-0.05, 0) is 49.1 Å². The molecule has 2 saturated carbocycles. The van der Waals surface area contributed by atoms with Crippen LogP contribution in [0.15, 0.2) is 30.7 Å². The molecule has 2 aromatic rings. The van der Waals surface area contributed by atoms with Gasteiger partial charge in [0.05, 0.1) is 29.8 Å². The first-order valence-electron chi connectivity index (χ1n) is 6.92. The molecule has 3 heteroatoms. The van der Waals surface area contributed by atoms with Gasteiger partial charge in [-0.2, -0.15) is 0 Å². The number of aromatic nitrogens is 2. The lowest BCUT2D eigenvalue weighted by molar-refractivity contribution is 0.0700. The van der Waals surface area contributed by atoms with Crippen LogP contribution >= 0.6 is 0 Å². The molecule has 0 amide bonds. The Bertz CT molecular complexity index is 577. The molecule has 2 heterocycles. The van der Waals surface area contributed by atoms with Crippen molar-refractivity contribution in [3.63, 3.8) is 0 Å². The van der Waals surface area contributed by atoms with Gasteiger partial charge < -0.3 is 9.51 Å². The van der Waals surface area contributed by atoms with Crippen molar-refractivity contribution in [1.82, 2.24) is 9.38 Å². The minimum Gasteiger partial charge on any atom is -0.387 e. The third-order valence-corrected chi connectivity index (χ3v) is 4.98. The molecule has 4 unspecified atom stereocenters. The molecule has 4 atom stereocenters. The fourth-order valence-electron chi connectivity index (χ4n) is 4.11. The second kappa shape index (κ2) is 3.82. The lowest BCUT2D eigenvalue weighted by Crippen LogP contribution is -2.20. The molecule has 2 aliphatic carbocycles. The molecule has 4 rings (SSSR count). The number of imidazole rings is 1. The van der Waals surface area contributed by atoms with E-state index in [-0.39, 0.29) is 6.10 Å². The summed E-state index contributed by atoms with van der Waals surface area (Å²) >= 11 is 0. The smallest absolute Gasteiger partial charge is 0.0995 e. The number of nitrogens with zero attached hydrogens (tertiary/aromatic N) is 2. The number of aliphatic hydroxyl groups excluding tert-OH is 1. The molecule has 94 valence electrons. The maximum atomic E-state index is 10.7. The first kappa shape index (κ1) is 10.6. The molecule has 1 N–H and O–H groups in total. The van der Waals surface area contributed by atoms with Gasteiger partial charge in [-0.25, -0.2) is 4.98 Å². The van der Waals surface area contributed by atoms with Crippen molar-refractivity contribution >= 4 is 5.52 Å². The third-order valence-electron chi connectivity index (χ3n) is 4.98. The Morgan fingerprint density at radius 1 is 1.28 bits per heavy atom. The molecule has 0 spiro atoms. The van der Waals surface area contributed by atoms with E-state index in [4.69, 9.17) is 0 Å². The highest BCUT2D eigenvalue weighted by Gasteiger charge is 2.43. The summed E-state index contributed by atoms with van der Waals surface area (Å²) in [5, 5.41) is 10.7. The van der Waals surface area contributed by atoms with Crippen molar-refractivity contribution in [3.05, 3.63) is 36.4 Å². The molecule has 0 aromatic carbocycles. The summed E-state index contributed by atoms with van der Waals surface area (Å²) in [6.45, 7) is 0. The first-order chi connectivity index (χ1) is 8.83. The molecule has 3 nitrogen and oxygen atoms in total. The third kappa shape index (κ3) is 1.43. The van der Waals surface area contributed by atoms with E-state index in [1.165, 1.54) is 25.7 Å². The molecule has 0 radical (unpaired) electrons. The van der Waals surface area contributed by atoms with Crippen LogP contribution in [0.3, 0.4) is 0 Å². The maximum Gasteiger partial charge on any atom is 0.0995 e. The SMILES string of the molecule is OC(c1cccc2cncn12)C1CC2CCC1C2. The summed E-state index contributed by atoms with van der Waals surface area (Å²) in [4.78, 5) is 4.17. The van der Waals surface area contributed by atoms with Crippen molar-refractivity contribution in [1.29, 1.82) is 0 Å². The normalized spacial score (nSPS) is 32.2. The predicted molar refractivity (Wildman–Crippen MR) is 69.1 cm³/mol. The zero-order valence-corrected chi connectivity index (χ0v) is 10.4. The fourth-order valence-corrected chi connectivity index (χ4v) is 4.11. The summed E-state index contributed by atoms with van der Waals surface area (Å²) < 4.78 is 2.02. The fraction of sp³-hybridized carbons (Fsp3) is 0.533. The molecule has 2 bridgehead atoms. The van der Waals surface area contributed by atoms with Crippen LogP contribution in [0.4, 0.5) is 0 Å². The Balaban J connectivity index is 1.72. The van der Waals surface area contributed by atoms with E-state index in [2.05, 4.69) is 4.98 Å². The number of pyridine rings is 1. The van der Waals surface area contributed by atoms with Crippen LogP contribution in [0.5, 0.6) is 0 Å². The van der Waals surface area contributed by atoms with Crippen LogP contribution in [0.25, 0.3) is 5.52 Å². The van der Waals surface area contributed by atoms with Crippen molar-refractivity contribution in [2.45, 2.75) is 31.8 Å². The predicted octanol–water partition coefficient (Wildman–Crippen LogP) is 2.80. The largest absolute Gasteiger partial charge is 0.387 e. The van der Waals surface area contributed by atoms with Gasteiger partial charge in [-0.15, -0.1) is 0 Å². The van der Waals surface area contributed by atoms with Gasteiger partial charge in [-0.1, -0.05) is 12.5 Å². The number of fused-ring (bicyclic) bond motifs is 3. The summed E-state index contributed by atoms with van der Waals surface area (Å²) in [7, 11) is 0. The van der Waals surface area contributed by atoms with E-state index >= 15 is 0 Å². The first-order valence-corrected chi connectivity index (χ1v) is 6.92. The summed E-state index contributed by atoms with van der Waals surface area (Å²) in [6.07, 6.45) is 8.55. The number of hydrogen-bond acceptors (Lipinski definition) is 2. The zero-order valence-electron chi connectivity index (χ0n) is 10.4. The number of aliphatic hydroxyl groups is 1. The standard InChI is InChI=1S/C15H18N2O/c18-15(13-7-10-4-5-11(13)6-10)14-3-1-2-12-8-16-9-17(12)14/h1-3,8-11,13,15,18H,4-7H2. The van der Waals surface area contributed by atoms with Gasteiger partial charge in [0.2, 0.25) is 0 Å². The number of rotatable bonds is 2. The lowest BCUT2D eigenvalue weighted by Gasteiger charge is -2.27. The minimum absolute atomic E-state index is 0.335. The summed E-state index contributed by atoms with van der Waals surface area (Å²) in [5.41, 5.74) is 2.07. The molecule has 2 aromatic heterocycles. The Hall–Kier alpha value is -1.35. The Morgan fingerprint density at radius 3 is 3.00 bits per heavy atom. The van der Waals surface area contributed by atoms with Crippen LogP contribution in [0.1, 0.15) is 37.5 Å². The average molecular weight is 242 g/mol. The topological polar surface area (TPSA) is 37.5 Å². The average Bonchev–Trinajstić information content (AvgIpc) is 3.12. The summed E-state index contributed by atoms with van der Waals surface area (Å²) in [6, 6.07) is 6.08. The quantitative estimate of drug-likeness (QED) is 0.879. The van der Waals surface area contributed by atoms with Crippen LogP contribution < -0.4 is 0 Å². The van der Waals surface area contributed by atoms with Crippen LogP contribution in [0.2, 0.25) is 0 Å². The van der Waals surface area contributed by atoms with E-state index in [1.807, 2.05) is 28.8 Å². The molecule has 2 aliphatic rings. The maximum absolute atomic E-state index is 10.7. The molecule has 0 aliphatic heterocycles. The van der Waals surface area contributed by atoms with Crippen LogP contribution in [-0.4, -0.2) is 14.5 Å². The van der Waals surface area contributed by atoms with Crippen molar-refractivity contribution < 1.29 is 5.11 Å². The number of hydrogen-bond donors (Lipinski definition) is 1. The van der Waals surface area contributed by atoms with Crippen LogP contribution in [0, 0.1) is 17.8 Å². The zero-order chi connectivity index (χ0) is 12.1. The highest BCUT2D eigenvalue weighted by Crippen LogP contribution is 2.52. The van der Waals surface area contributed by atoms with E-state index in [0.717, 1.165) is 23.0 Å². The van der Waals surface area contributed by atoms with Gasteiger partial charge in [0.25, 0.3) is 0 Å². The monoisotopic (exact) mass is 242 g/mol. The minimum atomic E-state index is -0.335. The lowest BCUT2D eigenvalue weighted by atomic mass is 9.83. The molecule has 2 fully saturated rings. The molecular formula is C15H18N2O. The van der Waals surface area contributed by atoms with Crippen molar-refractivity contribution in [2.24, 2.45) is 17.8 Å². The Labute approximate surface area is 106 Å². The van der Waals surface area contributed by atoms with Crippen molar-refractivity contribution in [2.75, 3.05) is 0 Å². The van der Waals surface area contributed by atoms with E-state index in [0.29, 0.717) is 5.92 Å². The highest BCUT2D eigenvalue weighted by molar-refractivity contribution is 5.46. The second-order valence-electron chi connectivity index (χ2n) is 5.92. The van der Waals surface area contributed by atoms with E-state index < -0.39 is 0 Å². The van der Waals surface area contributed by atoms with Gasteiger partial charge in [0.15, 0.2) is 0 Å². The van der Waals surface area contributed by atoms with E-state index in [9.17, 15) is 5.11 Å². The second-order valence-corrected chi connectivity index (χ2v) is 5.92. The Morgan fingerprint density at radius 2 is 2.22 bits per heavy atom. The van der Waals surface area contributed by atoms with Gasteiger partial charge in [-0.3, -0.25) is 0 Å². The van der Waals surface area contributed by atoms with E-state index in [1.54, 1.807) is 6.33 Å². The highest BCUT2D eigenvalue weighted by atomic mass is 16.3. The molecular weight excluding hydrogens is 224 g/mol. The van der Waals surface area contributed by atoms with Crippen molar-refractivity contribution in [3.8, 4) is 0 Å². The Kier molecular flexibility index (Phi) is 2.24. The van der Waals surface area contributed by atoms with Gasteiger partial charge in [0.1, 0.15) is 0 Å². The molecule has 0 saturated heterocycles. The molecule has 18 heavy (non-hydrogen) atoms.